The first-order valence-electron chi connectivity index (χ1n) is 6.45. The fourth-order valence-electron chi connectivity index (χ4n) is 3.45. The van der Waals surface area contributed by atoms with Gasteiger partial charge in [-0.05, 0) is 38.5 Å². The standard InChI is InChI=1S/C13H22N2/c1-10-4-6-15(7-5-10)9-11-8-12-2-3-13(11)14-12/h4,11-14H,2-3,5-9H2,1H3. The summed E-state index contributed by atoms with van der Waals surface area (Å²) in [6.07, 6.45) is 7.99. The Morgan fingerprint density at radius 2 is 2.40 bits per heavy atom. The van der Waals surface area contributed by atoms with E-state index in [0.717, 1.165) is 18.0 Å². The number of fused-ring (bicyclic) bond motifs is 2. The van der Waals surface area contributed by atoms with Crippen molar-refractivity contribution in [2.75, 3.05) is 19.6 Å². The zero-order valence-electron chi connectivity index (χ0n) is 9.71. The second-order valence-electron chi connectivity index (χ2n) is 5.60. The third-order valence-corrected chi connectivity index (χ3v) is 4.45. The van der Waals surface area contributed by atoms with Crippen LogP contribution in [0, 0.1) is 5.92 Å². The Balaban J connectivity index is 1.54. The van der Waals surface area contributed by atoms with Crippen LogP contribution in [-0.4, -0.2) is 36.6 Å². The Hall–Kier alpha value is -0.340. The van der Waals surface area contributed by atoms with Crippen LogP contribution in [0.3, 0.4) is 0 Å². The molecule has 3 aliphatic rings. The first-order chi connectivity index (χ1) is 7.31. The third-order valence-electron chi connectivity index (χ3n) is 4.45. The van der Waals surface area contributed by atoms with Gasteiger partial charge in [0, 0.05) is 31.7 Å². The normalized spacial score (nSPS) is 40.9. The van der Waals surface area contributed by atoms with Crippen molar-refractivity contribution in [1.82, 2.24) is 10.2 Å². The Morgan fingerprint density at radius 3 is 3.00 bits per heavy atom. The SMILES string of the molecule is CC1=CCN(CC2CC3CCC2N3)CC1. The maximum absolute atomic E-state index is 3.73. The third kappa shape index (κ3) is 1.98. The van der Waals surface area contributed by atoms with Gasteiger partial charge in [0.15, 0.2) is 0 Å². The van der Waals surface area contributed by atoms with Crippen LogP contribution in [0.5, 0.6) is 0 Å². The van der Waals surface area contributed by atoms with Gasteiger partial charge < -0.3 is 5.32 Å². The van der Waals surface area contributed by atoms with Gasteiger partial charge in [0.25, 0.3) is 0 Å². The molecule has 2 fully saturated rings. The first-order valence-corrected chi connectivity index (χ1v) is 6.45. The van der Waals surface area contributed by atoms with E-state index in [4.69, 9.17) is 0 Å². The van der Waals surface area contributed by atoms with Crippen molar-refractivity contribution >= 4 is 0 Å². The van der Waals surface area contributed by atoms with E-state index >= 15 is 0 Å². The van der Waals surface area contributed by atoms with E-state index in [1.807, 2.05) is 0 Å². The molecule has 0 spiro atoms. The monoisotopic (exact) mass is 206 g/mol. The van der Waals surface area contributed by atoms with Crippen molar-refractivity contribution in [3.8, 4) is 0 Å². The molecular formula is C13H22N2. The molecular weight excluding hydrogens is 184 g/mol. The molecule has 0 radical (unpaired) electrons. The second kappa shape index (κ2) is 3.91. The molecule has 84 valence electrons. The summed E-state index contributed by atoms with van der Waals surface area (Å²) in [5.41, 5.74) is 1.58. The van der Waals surface area contributed by atoms with Gasteiger partial charge in [0.1, 0.15) is 0 Å². The van der Waals surface area contributed by atoms with Gasteiger partial charge in [-0.15, -0.1) is 0 Å². The van der Waals surface area contributed by atoms with Crippen molar-refractivity contribution in [2.45, 2.75) is 44.7 Å². The van der Waals surface area contributed by atoms with Gasteiger partial charge in [0.2, 0.25) is 0 Å². The van der Waals surface area contributed by atoms with Crippen LogP contribution >= 0.6 is 0 Å². The van der Waals surface area contributed by atoms with Crippen LogP contribution < -0.4 is 5.32 Å². The summed E-state index contributed by atoms with van der Waals surface area (Å²) >= 11 is 0. The summed E-state index contributed by atoms with van der Waals surface area (Å²) in [7, 11) is 0. The fraction of sp³-hybridized carbons (Fsp3) is 0.846. The largest absolute Gasteiger partial charge is 0.311 e. The number of hydrogen-bond donors (Lipinski definition) is 1. The molecule has 2 heteroatoms. The molecule has 3 rings (SSSR count). The van der Waals surface area contributed by atoms with Crippen molar-refractivity contribution in [2.24, 2.45) is 5.92 Å². The predicted octanol–water partition coefficient (Wildman–Crippen LogP) is 1.78. The first kappa shape index (κ1) is 9.86. The van der Waals surface area contributed by atoms with E-state index in [-0.39, 0.29) is 0 Å². The molecule has 0 amide bonds. The fourth-order valence-corrected chi connectivity index (χ4v) is 3.45. The van der Waals surface area contributed by atoms with Crippen molar-refractivity contribution in [3.05, 3.63) is 11.6 Å². The number of hydrogen-bond acceptors (Lipinski definition) is 2. The molecule has 15 heavy (non-hydrogen) atoms. The average molecular weight is 206 g/mol. The van der Waals surface area contributed by atoms with Gasteiger partial charge >= 0.3 is 0 Å². The lowest BCUT2D eigenvalue weighted by molar-refractivity contribution is 0.224. The van der Waals surface area contributed by atoms with Crippen LogP contribution in [-0.2, 0) is 0 Å². The molecule has 0 saturated carbocycles. The van der Waals surface area contributed by atoms with Crippen LogP contribution in [0.25, 0.3) is 0 Å². The molecule has 3 aliphatic heterocycles. The minimum absolute atomic E-state index is 0.849. The quantitative estimate of drug-likeness (QED) is 0.693. The summed E-state index contributed by atoms with van der Waals surface area (Å²) in [5, 5.41) is 3.73. The van der Waals surface area contributed by atoms with Gasteiger partial charge in [-0.2, -0.15) is 0 Å². The highest BCUT2D eigenvalue weighted by atomic mass is 15.1. The van der Waals surface area contributed by atoms with Crippen molar-refractivity contribution in [3.63, 3.8) is 0 Å². The number of nitrogens with one attached hydrogen (secondary N) is 1. The lowest BCUT2D eigenvalue weighted by Crippen LogP contribution is -2.37. The zero-order chi connectivity index (χ0) is 10.3. The Bertz CT molecular complexity index is 272. The van der Waals surface area contributed by atoms with Crippen molar-refractivity contribution < 1.29 is 0 Å². The summed E-state index contributed by atoms with van der Waals surface area (Å²) in [4.78, 5) is 2.64. The maximum atomic E-state index is 3.73. The minimum Gasteiger partial charge on any atom is -0.311 e. The summed E-state index contributed by atoms with van der Waals surface area (Å²) in [6.45, 7) is 6.07. The van der Waals surface area contributed by atoms with Crippen LogP contribution in [0.1, 0.15) is 32.6 Å². The van der Waals surface area contributed by atoms with E-state index in [9.17, 15) is 0 Å². The molecule has 0 aliphatic carbocycles. The minimum atomic E-state index is 0.849. The van der Waals surface area contributed by atoms with E-state index < -0.39 is 0 Å². The highest BCUT2D eigenvalue weighted by Gasteiger charge is 2.39. The van der Waals surface area contributed by atoms with E-state index in [1.54, 1.807) is 5.57 Å². The topological polar surface area (TPSA) is 15.3 Å². The summed E-state index contributed by atoms with van der Waals surface area (Å²) in [5.74, 6) is 0.940. The highest BCUT2D eigenvalue weighted by molar-refractivity contribution is 5.05. The predicted molar refractivity (Wildman–Crippen MR) is 62.9 cm³/mol. The van der Waals surface area contributed by atoms with E-state index in [0.29, 0.717) is 0 Å². The Morgan fingerprint density at radius 1 is 1.47 bits per heavy atom. The molecule has 0 aromatic carbocycles. The summed E-state index contributed by atoms with van der Waals surface area (Å²) in [6, 6.07) is 1.71. The molecule has 1 N–H and O–H groups in total. The maximum Gasteiger partial charge on any atom is 0.0165 e. The van der Waals surface area contributed by atoms with Gasteiger partial charge in [0.05, 0.1) is 0 Å². The molecule has 3 heterocycles. The van der Waals surface area contributed by atoms with Crippen LogP contribution in [0.2, 0.25) is 0 Å². The Labute approximate surface area is 92.7 Å². The van der Waals surface area contributed by atoms with Gasteiger partial charge in [-0.25, -0.2) is 0 Å². The average Bonchev–Trinajstić information content (AvgIpc) is 2.83. The second-order valence-corrected chi connectivity index (χ2v) is 5.60. The zero-order valence-corrected chi connectivity index (χ0v) is 9.71. The molecule has 3 unspecified atom stereocenters. The highest BCUT2D eigenvalue weighted by Crippen LogP contribution is 2.33. The molecule has 0 aromatic heterocycles. The smallest absolute Gasteiger partial charge is 0.0165 e. The van der Waals surface area contributed by atoms with Gasteiger partial charge in [-0.3, -0.25) is 4.90 Å². The molecule has 0 aromatic rings. The van der Waals surface area contributed by atoms with Gasteiger partial charge in [-0.1, -0.05) is 11.6 Å². The van der Waals surface area contributed by atoms with E-state index in [1.165, 1.54) is 45.3 Å². The Kier molecular flexibility index (Phi) is 2.57. The summed E-state index contributed by atoms with van der Waals surface area (Å²) < 4.78 is 0. The molecule has 2 bridgehead atoms. The van der Waals surface area contributed by atoms with Crippen molar-refractivity contribution in [1.29, 1.82) is 0 Å². The number of rotatable bonds is 2. The molecule has 2 saturated heterocycles. The lowest BCUT2D eigenvalue weighted by atomic mass is 9.88. The van der Waals surface area contributed by atoms with E-state index in [2.05, 4.69) is 23.2 Å². The molecule has 2 nitrogen and oxygen atoms in total. The molecule has 3 atom stereocenters. The number of nitrogens with zero attached hydrogens (tertiary/aromatic N) is 1. The van der Waals surface area contributed by atoms with Crippen LogP contribution in [0.4, 0.5) is 0 Å². The lowest BCUT2D eigenvalue weighted by Gasteiger charge is -2.30. The van der Waals surface area contributed by atoms with Crippen LogP contribution in [0.15, 0.2) is 11.6 Å².